The molecule has 0 radical (unpaired) electrons. The molecule has 0 spiro atoms. The number of Topliss-reactive ketones (excluding diaryl/α,β-unsaturated/α-hetero) is 1. The molecule has 0 atom stereocenters. The normalized spacial score (nSPS) is 9.86. The third kappa shape index (κ3) is 1.82. The van der Waals surface area contributed by atoms with Gasteiger partial charge in [0.2, 0.25) is 0 Å². The van der Waals surface area contributed by atoms with Crippen molar-refractivity contribution in [3.8, 4) is 5.75 Å². The minimum absolute atomic E-state index is 0.0826. The molecule has 74 valence electrons. The zero-order valence-corrected chi connectivity index (χ0v) is 7.91. The fraction of sp³-hybridized carbons (Fsp3) is 0.125. The first-order valence-electron chi connectivity index (χ1n) is 3.61. The second-order valence-electron chi connectivity index (χ2n) is 2.63. The predicted octanol–water partition coefficient (Wildman–Crippen LogP) is 2.16. The molecule has 6 heteroatoms. The van der Waals surface area contributed by atoms with Crippen LogP contribution in [-0.2, 0) is 0 Å². The van der Waals surface area contributed by atoms with Gasteiger partial charge in [-0.15, -0.1) is 0 Å². The van der Waals surface area contributed by atoms with Crippen LogP contribution >= 0.6 is 11.6 Å². The Labute approximate surface area is 84.1 Å². The number of carbonyl (C=O) groups excluding carboxylic acids is 1. The Bertz CT molecular complexity index is 377. The number of hydrogen-bond acceptors (Lipinski definition) is 4. The van der Waals surface area contributed by atoms with E-state index in [0.29, 0.717) is 0 Å². The van der Waals surface area contributed by atoms with Crippen molar-refractivity contribution in [2.75, 3.05) is 0 Å². The fourth-order valence-electron chi connectivity index (χ4n) is 0.984. The molecule has 0 unspecified atom stereocenters. The molecule has 1 rings (SSSR count). The van der Waals surface area contributed by atoms with Gasteiger partial charge in [-0.2, -0.15) is 0 Å². The number of nitrogens with zero attached hydrogens (tertiary/aromatic N) is 1. The molecule has 0 bridgehead atoms. The van der Waals surface area contributed by atoms with Crippen LogP contribution in [0.2, 0.25) is 5.02 Å². The predicted molar refractivity (Wildman–Crippen MR) is 49.8 cm³/mol. The molecule has 5 nitrogen and oxygen atoms in total. The first-order valence-corrected chi connectivity index (χ1v) is 3.99. The average Bonchev–Trinajstić information content (AvgIpc) is 2.08. The fourth-order valence-corrected chi connectivity index (χ4v) is 1.15. The zero-order valence-electron chi connectivity index (χ0n) is 7.15. The van der Waals surface area contributed by atoms with Crippen LogP contribution in [0.25, 0.3) is 0 Å². The number of halogens is 1. The Kier molecular flexibility index (Phi) is 2.71. The summed E-state index contributed by atoms with van der Waals surface area (Å²) in [6.45, 7) is 1.19. The molecule has 0 fully saturated rings. The molecule has 14 heavy (non-hydrogen) atoms. The second kappa shape index (κ2) is 3.63. The molecule has 0 saturated heterocycles. The average molecular weight is 216 g/mol. The molecule has 1 N–H and O–H groups in total. The highest BCUT2D eigenvalue weighted by Gasteiger charge is 2.20. The number of nitro groups is 1. The largest absolute Gasteiger partial charge is 0.506 e. The highest BCUT2D eigenvalue weighted by atomic mass is 35.5. The number of aromatic hydroxyl groups is 1. The van der Waals surface area contributed by atoms with Gasteiger partial charge in [-0.05, 0) is 13.0 Å². The summed E-state index contributed by atoms with van der Waals surface area (Å²) >= 11 is 5.51. The molecule has 0 amide bonds. The van der Waals surface area contributed by atoms with E-state index in [1.54, 1.807) is 0 Å². The van der Waals surface area contributed by atoms with E-state index in [0.717, 1.165) is 12.1 Å². The first-order chi connectivity index (χ1) is 6.43. The first kappa shape index (κ1) is 10.5. The maximum absolute atomic E-state index is 11.0. The van der Waals surface area contributed by atoms with Crippen molar-refractivity contribution >= 4 is 23.1 Å². The van der Waals surface area contributed by atoms with Crippen LogP contribution in [0.5, 0.6) is 5.75 Å². The van der Waals surface area contributed by atoms with Gasteiger partial charge in [-0.1, -0.05) is 11.6 Å². The lowest BCUT2D eigenvalue weighted by Crippen LogP contribution is -1.99. The topological polar surface area (TPSA) is 80.4 Å². The number of hydrogen-bond donors (Lipinski definition) is 1. The molecule has 0 aliphatic heterocycles. The maximum atomic E-state index is 11.0. The molecular weight excluding hydrogens is 210 g/mol. The Hall–Kier alpha value is -1.62. The standard InChI is InChI=1S/C8H6ClNO4/c1-4(11)5-2-6(9)8(12)3-7(5)10(13)14/h2-3,12H,1H3. The van der Waals surface area contributed by atoms with E-state index in [9.17, 15) is 14.9 Å². The van der Waals surface area contributed by atoms with Gasteiger partial charge >= 0.3 is 0 Å². The molecule has 0 aliphatic carbocycles. The lowest BCUT2D eigenvalue weighted by atomic mass is 10.1. The maximum Gasteiger partial charge on any atom is 0.283 e. The minimum Gasteiger partial charge on any atom is -0.506 e. The Morgan fingerprint density at radius 3 is 2.57 bits per heavy atom. The number of rotatable bonds is 2. The molecule has 0 aromatic heterocycles. The summed E-state index contributed by atoms with van der Waals surface area (Å²) in [5.74, 6) is -0.887. The third-order valence-corrected chi connectivity index (χ3v) is 1.94. The van der Waals surface area contributed by atoms with E-state index < -0.39 is 22.1 Å². The van der Waals surface area contributed by atoms with E-state index in [1.807, 2.05) is 0 Å². The van der Waals surface area contributed by atoms with Gasteiger partial charge in [0.05, 0.1) is 21.6 Å². The molecule has 0 saturated carbocycles. The van der Waals surface area contributed by atoms with Crippen LogP contribution < -0.4 is 0 Å². The number of carbonyl (C=O) groups is 1. The van der Waals surface area contributed by atoms with Crippen LogP contribution in [-0.4, -0.2) is 15.8 Å². The van der Waals surface area contributed by atoms with Gasteiger partial charge in [-0.3, -0.25) is 14.9 Å². The molecule has 0 heterocycles. The SMILES string of the molecule is CC(=O)c1cc(Cl)c(O)cc1[N+](=O)[O-]. The van der Waals surface area contributed by atoms with Gasteiger partial charge in [-0.25, -0.2) is 0 Å². The van der Waals surface area contributed by atoms with Crippen LogP contribution in [0, 0.1) is 10.1 Å². The van der Waals surface area contributed by atoms with Crippen molar-refractivity contribution in [3.05, 3.63) is 32.8 Å². The number of phenols is 1. The quantitative estimate of drug-likeness (QED) is 0.466. The van der Waals surface area contributed by atoms with Crippen molar-refractivity contribution < 1.29 is 14.8 Å². The minimum atomic E-state index is -0.743. The summed E-state index contributed by atoms with van der Waals surface area (Å²) in [5, 5.41) is 19.5. The summed E-state index contributed by atoms with van der Waals surface area (Å²) in [7, 11) is 0. The Morgan fingerprint density at radius 2 is 2.14 bits per heavy atom. The van der Waals surface area contributed by atoms with Crippen LogP contribution in [0.1, 0.15) is 17.3 Å². The van der Waals surface area contributed by atoms with E-state index in [-0.39, 0.29) is 10.6 Å². The highest BCUT2D eigenvalue weighted by Crippen LogP contribution is 2.31. The van der Waals surface area contributed by atoms with Gasteiger partial charge < -0.3 is 5.11 Å². The summed E-state index contributed by atoms with van der Waals surface area (Å²) in [4.78, 5) is 20.7. The van der Waals surface area contributed by atoms with Gasteiger partial charge in [0.1, 0.15) is 5.75 Å². The summed E-state index contributed by atoms with van der Waals surface area (Å²) < 4.78 is 0. The van der Waals surface area contributed by atoms with Crippen molar-refractivity contribution in [1.29, 1.82) is 0 Å². The lowest BCUT2D eigenvalue weighted by Gasteiger charge is -2.01. The highest BCUT2D eigenvalue weighted by molar-refractivity contribution is 6.32. The second-order valence-corrected chi connectivity index (χ2v) is 3.04. The van der Waals surface area contributed by atoms with Crippen LogP contribution in [0.3, 0.4) is 0 Å². The lowest BCUT2D eigenvalue weighted by molar-refractivity contribution is -0.385. The summed E-state index contributed by atoms with van der Waals surface area (Å²) in [6.07, 6.45) is 0. The number of ketones is 1. The van der Waals surface area contributed by atoms with Crippen molar-refractivity contribution in [3.63, 3.8) is 0 Å². The number of nitro benzene ring substituents is 1. The Balaban J connectivity index is 3.46. The summed E-state index contributed by atoms with van der Waals surface area (Å²) in [5.41, 5.74) is -0.558. The van der Waals surface area contributed by atoms with E-state index in [4.69, 9.17) is 16.7 Å². The monoisotopic (exact) mass is 215 g/mol. The van der Waals surface area contributed by atoms with Gasteiger partial charge in [0.25, 0.3) is 5.69 Å². The van der Waals surface area contributed by atoms with Crippen LogP contribution in [0.15, 0.2) is 12.1 Å². The zero-order chi connectivity index (χ0) is 10.9. The molecule has 1 aromatic rings. The molecule has 0 aliphatic rings. The number of phenolic OH excluding ortho intramolecular Hbond substituents is 1. The number of benzene rings is 1. The van der Waals surface area contributed by atoms with Crippen LogP contribution in [0.4, 0.5) is 5.69 Å². The third-order valence-electron chi connectivity index (χ3n) is 1.64. The summed E-state index contributed by atoms with van der Waals surface area (Å²) in [6, 6.07) is 1.94. The van der Waals surface area contributed by atoms with Crippen molar-refractivity contribution in [2.45, 2.75) is 6.92 Å². The van der Waals surface area contributed by atoms with Crippen molar-refractivity contribution in [1.82, 2.24) is 0 Å². The van der Waals surface area contributed by atoms with E-state index >= 15 is 0 Å². The Morgan fingerprint density at radius 1 is 1.57 bits per heavy atom. The molecular formula is C8H6ClNO4. The van der Waals surface area contributed by atoms with Gasteiger partial charge in [0.15, 0.2) is 5.78 Å². The smallest absolute Gasteiger partial charge is 0.283 e. The molecule has 1 aromatic carbocycles. The van der Waals surface area contributed by atoms with Crippen molar-refractivity contribution in [2.24, 2.45) is 0 Å². The van der Waals surface area contributed by atoms with E-state index in [1.165, 1.54) is 6.92 Å². The van der Waals surface area contributed by atoms with E-state index in [2.05, 4.69) is 0 Å². The van der Waals surface area contributed by atoms with Gasteiger partial charge in [0, 0.05) is 0 Å².